The van der Waals surface area contributed by atoms with E-state index in [1.165, 1.54) is 25.7 Å². The lowest BCUT2D eigenvalue weighted by molar-refractivity contribution is -0.139. The number of hydrogen-bond acceptors (Lipinski definition) is 3. The van der Waals surface area contributed by atoms with E-state index in [1.807, 2.05) is 6.92 Å². The van der Waals surface area contributed by atoms with Crippen LogP contribution in [0.2, 0.25) is 0 Å². The largest absolute Gasteiger partial charge is 0.348 e. The molecule has 0 bridgehead atoms. The molecule has 2 fully saturated rings. The summed E-state index contributed by atoms with van der Waals surface area (Å²) in [6.45, 7) is 3.19. The molecule has 5 nitrogen and oxygen atoms in total. The molecule has 0 aromatic heterocycles. The Morgan fingerprint density at radius 3 is 2.43 bits per heavy atom. The lowest BCUT2D eigenvalue weighted by Gasteiger charge is -2.33. The summed E-state index contributed by atoms with van der Waals surface area (Å²) in [5.41, 5.74) is 5.58. The number of nitrogens with zero attached hydrogens (tertiary/aromatic N) is 1. The monoisotopic (exact) mass is 323 g/mol. The fraction of sp³-hybridized carbons (Fsp3) is 0.889. The van der Waals surface area contributed by atoms with Gasteiger partial charge in [-0.25, -0.2) is 0 Å². The standard InChI is InChI=1S/C18H33N3O2/c1-18(14-19)12-8-6-4-2-3-5-7-11-16(22)21-13-9-10-15(21)17(23)20-18/h15H,2-14,19H2,1H3,(H,20,23)/t15-,18?/m0/s1. The summed E-state index contributed by atoms with van der Waals surface area (Å²) in [6.07, 6.45) is 11.2. The highest BCUT2D eigenvalue weighted by Crippen LogP contribution is 2.22. The lowest BCUT2D eigenvalue weighted by Crippen LogP contribution is -2.56. The van der Waals surface area contributed by atoms with E-state index in [-0.39, 0.29) is 23.4 Å². The van der Waals surface area contributed by atoms with Gasteiger partial charge >= 0.3 is 0 Å². The maximum absolute atomic E-state index is 12.7. The first kappa shape index (κ1) is 18.2. The Labute approximate surface area is 140 Å². The van der Waals surface area contributed by atoms with Gasteiger partial charge in [0.1, 0.15) is 6.04 Å². The van der Waals surface area contributed by atoms with Gasteiger partial charge in [0.05, 0.1) is 0 Å². The zero-order valence-corrected chi connectivity index (χ0v) is 14.6. The van der Waals surface area contributed by atoms with Crippen molar-refractivity contribution in [1.82, 2.24) is 10.2 Å². The third-order valence-corrected chi connectivity index (χ3v) is 5.37. The number of carbonyl (C=O) groups excluding carboxylic acids is 2. The van der Waals surface area contributed by atoms with Crippen molar-refractivity contribution in [2.75, 3.05) is 13.1 Å². The molecule has 23 heavy (non-hydrogen) atoms. The molecule has 2 saturated heterocycles. The third-order valence-electron chi connectivity index (χ3n) is 5.37. The van der Waals surface area contributed by atoms with Crippen LogP contribution in [0.15, 0.2) is 0 Å². The minimum Gasteiger partial charge on any atom is -0.348 e. The molecule has 1 unspecified atom stereocenters. The van der Waals surface area contributed by atoms with Gasteiger partial charge in [0.15, 0.2) is 0 Å². The van der Waals surface area contributed by atoms with Crippen molar-refractivity contribution in [3.63, 3.8) is 0 Å². The molecule has 2 heterocycles. The van der Waals surface area contributed by atoms with Crippen LogP contribution >= 0.6 is 0 Å². The van der Waals surface area contributed by atoms with E-state index in [4.69, 9.17) is 5.73 Å². The molecule has 132 valence electrons. The molecule has 0 radical (unpaired) electrons. The Bertz CT molecular complexity index is 413. The van der Waals surface area contributed by atoms with Crippen LogP contribution in [0.25, 0.3) is 0 Å². The van der Waals surface area contributed by atoms with Crippen molar-refractivity contribution in [2.24, 2.45) is 5.73 Å². The summed E-state index contributed by atoms with van der Waals surface area (Å²) in [5.74, 6) is 0.130. The molecule has 2 atom stereocenters. The van der Waals surface area contributed by atoms with Crippen LogP contribution in [0.5, 0.6) is 0 Å². The van der Waals surface area contributed by atoms with Crippen LogP contribution in [0.3, 0.4) is 0 Å². The van der Waals surface area contributed by atoms with Crippen LogP contribution in [0.4, 0.5) is 0 Å². The zero-order valence-electron chi connectivity index (χ0n) is 14.6. The van der Waals surface area contributed by atoms with Gasteiger partial charge in [0, 0.05) is 25.0 Å². The molecule has 0 aliphatic carbocycles. The van der Waals surface area contributed by atoms with E-state index in [0.29, 0.717) is 13.0 Å². The molecular formula is C18H33N3O2. The van der Waals surface area contributed by atoms with E-state index < -0.39 is 0 Å². The van der Waals surface area contributed by atoms with E-state index in [9.17, 15) is 9.59 Å². The average Bonchev–Trinajstić information content (AvgIpc) is 3.02. The maximum Gasteiger partial charge on any atom is 0.243 e. The van der Waals surface area contributed by atoms with Crippen LogP contribution in [0, 0.1) is 0 Å². The second kappa shape index (κ2) is 8.67. The fourth-order valence-electron chi connectivity index (χ4n) is 3.75. The van der Waals surface area contributed by atoms with Gasteiger partial charge in [-0.3, -0.25) is 9.59 Å². The summed E-state index contributed by atoms with van der Waals surface area (Å²) in [7, 11) is 0. The smallest absolute Gasteiger partial charge is 0.243 e. The lowest BCUT2D eigenvalue weighted by atomic mass is 9.93. The first-order chi connectivity index (χ1) is 11.1. The Morgan fingerprint density at radius 1 is 1.09 bits per heavy atom. The SMILES string of the molecule is CC1(CN)CCCCCCCCCC(=O)N2CCC[C@H]2C(=O)N1. The number of nitrogens with one attached hydrogen (secondary N) is 1. The normalized spacial score (nSPS) is 31.9. The first-order valence-corrected chi connectivity index (χ1v) is 9.37. The molecule has 0 saturated carbocycles. The van der Waals surface area contributed by atoms with Crippen LogP contribution in [-0.2, 0) is 9.59 Å². The Morgan fingerprint density at radius 2 is 1.74 bits per heavy atom. The fourth-order valence-corrected chi connectivity index (χ4v) is 3.75. The van der Waals surface area contributed by atoms with E-state index in [0.717, 1.165) is 45.1 Å². The number of carbonyl (C=O) groups is 2. The summed E-state index contributed by atoms with van der Waals surface area (Å²) in [4.78, 5) is 26.9. The molecule has 2 aliphatic heterocycles. The topological polar surface area (TPSA) is 75.4 Å². The second-order valence-electron chi connectivity index (χ2n) is 7.47. The van der Waals surface area contributed by atoms with Crippen molar-refractivity contribution >= 4 is 11.8 Å². The number of amides is 2. The molecule has 2 rings (SSSR count). The second-order valence-corrected chi connectivity index (χ2v) is 7.47. The molecule has 0 aromatic carbocycles. The summed E-state index contributed by atoms with van der Waals surface area (Å²) in [5, 5.41) is 3.15. The Hall–Kier alpha value is -1.10. The Balaban J connectivity index is 2.06. The highest BCUT2D eigenvalue weighted by molar-refractivity contribution is 5.88. The van der Waals surface area contributed by atoms with Crippen molar-refractivity contribution in [3.05, 3.63) is 0 Å². The molecular weight excluding hydrogens is 290 g/mol. The molecule has 2 aliphatic rings. The number of fused-ring (bicyclic) bond motifs is 1. The van der Waals surface area contributed by atoms with Gasteiger partial charge in [-0.05, 0) is 32.6 Å². The van der Waals surface area contributed by atoms with Crippen LogP contribution in [0.1, 0.15) is 77.6 Å². The predicted molar refractivity (Wildman–Crippen MR) is 91.9 cm³/mol. The number of hydrogen-bond donors (Lipinski definition) is 2. The zero-order chi connectivity index (χ0) is 16.7. The van der Waals surface area contributed by atoms with Gasteiger partial charge in [0.2, 0.25) is 11.8 Å². The van der Waals surface area contributed by atoms with Crippen molar-refractivity contribution in [1.29, 1.82) is 0 Å². The summed E-state index contributed by atoms with van der Waals surface area (Å²) < 4.78 is 0. The third kappa shape index (κ3) is 5.20. The van der Waals surface area contributed by atoms with Gasteiger partial charge in [0.25, 0.3) is 0 Å². The minimum absolute atomic E-state index is 0.0151. The average molecular weight is 323 g/mol. The number of nitrogens with two attached hydrogens (primary N) is 1. The predicted octanol–water partition coefficient (Wildman–Crippen LogP) is 2.34. The van der Waals surface area contributed by atoms with Crippen molar-refractivity contribution in [3.8, 4) is 0 Å². The quantitative estimate of drug-likeness (QED) is 0.777. The molecule has 2 amide bonds. The van der Waals surface area contributed by atoms with Gasteiger partial charge in [-0.1, -0.05) is 38.5 Å². The van der Waals surface area contributed by atoms with E-state index in [2.05, 4.69) is 5.32 Å². The maximum atomic E-state index is 12.7. The van der Waals surface area contributed by atoms with Crippen LogP contribution < -0.4 is 11.1 Å². The number of rotatable bonds is 1. The Kier molecular flexibility index (Phi) is 6.88. The van der Waals surface area contributed by atoms with E-state index >= 15 is 0 Å². The highest BCUT2D eigenvalue weighted by atomic mass is 16.2. The molecule has 5 heteroatoms. The minimum atomic E-state index is -0.353. The van der Waals surface area contributed by atoms with E-state index in [1.54, 1.807) is 4.90 Å². The molecule has 0 spiro atoms. The summed E-state index contributed by atoms with van der Waals surface area (Å²) in [6, 6.07) is -0.293. The summed E-state index contributed by atoms with van der Waals surface area (Å²) >= 11 is 0. The highest BCUT2D eigenvalue weighted by Gasteiger charge is 2.36. The van der Waals surface area contributed by atoms with Gasteiger partial charge < -0.3 is 16.0 Å². The van der Waals surface area contributed by atoms with Crippen LogP contribution in [-0.4, -0.2) is 41.4 Å². The first-order valence-electron chi connectivity index (χ1n) is 9.37. The van der Waals surface area contributed by atoms with Crippen molar-refractivity contribution < 1.29 is 9.59 Å². The molecule has 0 aromatic rings. The molecule has 3 N–H and O–H groups in total. The van der Waals surface area contributed by atoms with Crippen molar-refractivity contribution in [2.45, 2.75) is 89.1 Å². The van der Waals surface area contributed by atoms with Gasteiger partial charge in [-0.15, -0.1) is 0 Å². The van der Waals surface area contributed by atoms with Gasteiger partial charge in [-0.2, -0.15) is 0 Å².